The highest BCUT2D eigenvalue weighted by atomic mass is 16.6. The van der Waals surface area contributed by atoms with Gasteiger partial charge in [-0.2, -0.15) is 0 Å². The van der Waals surface area contributed by atoms with Crippen molar-refractivity contribution in [1.82, 2.24) is 10.2 Å². The molecule has 4 saturated carbocycles. The number of carbonyl (C=O) groups is 6. The van der Waals surface area contributed by atoms with Gasteiger partial charge in [-0.3, -0.25) is 24.0 Å². The average Bonchev–Trinajstić information content (AvgIpc) is 4.09. The molecule has 1 aliphatic heterocycles. The number of rotatable bonds is 37. The van der Waals surface area contributed by atoms with E-state index in [1.807, 2.05) is 0 Å². The summed E-state index contributed by atoms with van der Waals surface area (Å²) in [5.74, 6) is -0.0839. The number of likely N-dealkylation sites (tertiary alicyclic amines) is 1. The summed E-state index contributed by atoms with van der Waals surface area (Å²) in [7, 11) is 0. The molecule has 5 fully saturated rings. The third-order valence-electron chi connectivity index (χ3n) is 14.1. The van der Waals surface area contributed by atoms with Crippen molar-refractivity contribution in [2.75, 3.05) is 65.8 Å². The second-order valence-electron chi connectivity index (χ2n) is 19.9. The highest BCUT2D eigenvalue weighted by Gasteiger charge is 2.61. The maximum Gasteiger partial charge on any atom is 0.407 e. The van der Waals surface area contributed by atoms with Gasteiger partial charge < -0.3 is 38.6 Å². The summed E-state index contributed by atoms with van der Waals surface area (Å²) in [6.45, 7) is 6.79. The molecule has 1 heterocycles. The number of alkyl carbamates (subject to hydrolysis) is 1. The Labute approximate surface area is 403 Å². The molecule has 5 rings (SSSR count). The predicted molar refractivity (Wildman–Crippen MR) is 258 cm³/mol. The molecule has 14 heteroatoms. The molecule has 1 saturated heterocycles. The first kappa shape index (κ1) is 55.7. The van der Waals surface area contributed by atoms with E-state index in [2.05, 4.69) is 48.4 Å². The Kier molecular flexibility index (Phi) is 26.6. The van der Waals surface area contributed by atoms with Crippen molar-refractivity contribution in [1.29, 1.82) is 0 Å². The van der Waals surface area contributed by atoms with Gasteiger partial charge in [-0.15, -0.1) is 0 Å². The second kappa shape index (κ2) is 32.0. The Hall–Kier alpha value is -3.94. The largest absolute Gasteiger partial charge is 0.466 e. The van der Waals surface area contributed by atoms with E-state index >= 15 is 0 Å². The van der Waals surface area contributed by atoms with Gasteiger partial charge in [0.2, 0.25) is 0 Å². The van der Waals surface area contributed by atoms with Crippen molar-refractivity contribution < 1.29 is 58.6 Å². The van der Waals surface area contributed by atoms with Crippen LogP contribution in [0.3, 0.4) is 0 Å². The number of nitrogens with zero attached hydrogens (tertiary/aromatic N) is 1. The third-order valence-corrected chi connectivity index (χ3v) is 14.1. The zero-order valence-corrected chi connectivity index (χ0v) is 41.3. The number of allylic oxidation sites excluding steroid dienone is 4. The van der Waals surface area contributed by atoms with Crippen LogP contribution in [0, 0.1) is 28.6 Å². The summed E-state index contributed by atoms with van der Waals surface area (Å²) < 4.78 is 34.0. The molecule has 0 radical (unpaired) electrons. The van der Waals surface area contributed by atoms with Gasteiger partial charge in [0.25, 0.3) is 0 Å². The van der Waals surface area contributed by atoms with Gasteiger partial charge in [0, 0.05) is 46.6 Å². The average molecular weight is 945 g/mol. The summed E-state index contributed by atoms with van der Waals surface area (Å²) >= 11 is 0. The standard InChI is InChI=1S/C53H86N2O12.H2/c1-3-5-7-9-11-21-31-62-46(56)23-15-13-17-25-48(58)64-39-52(42-67-51(61)54-27-30-55-28-19-20-29-55,41-66-50(60)35-43-33-45-34-44-37-53(45,36-43)38-44)40-65-49(59)26-18-14-16-24-47(57)63-32-22-12-10-8-6-4-2;/h5-8,43-45H,3-4,9-42H2,1-2H3,(H,54,61);1H/b7-5-,8-6-;. The van der Waals surface area contributed by atoms with E-state index in [-0.39, 0.29) is 83.8 Å². The van der Waals surface area contributed by atoms with Crippen LogP contribution in [0.25, 0.3) is 0 Å². The molecule has 5 aliphatic rings. The van der Waals surface area contributed by atoms with Crippen LogP contribution in [-0.4, -0.2) is 107 Å². The highest BCUT2D eigenvalue weighted by Crippen LogP contribution is 2.70. The van der Waals surface area contributed by atoms with Crippen LogP contribution in [0.4, 0.5) is 4.79 Å². The van der Waals surface area contributed by atoms with Crippen LogP contribution < -0.4 is 5.32 Å². The van der Waals surface area contributed by atoms with E-state index in [0.717, 1.165) is 96.1 Å². The third kappa shape index (κ3) is 22.4. The minimum absolute atomic E-state index is 0. The predicted octanol–water partition coefficient (Wildman–Crippen LogP) is 10.1. The molecule has 1 N–H and O–H groups in total. The van der Waals surface area contributed by atoms with Crippen LogP contribution in [0.15, 0.2) is 24.3 Å². The molecule has 0 aromatic rings. The summed E-state index contributed by atoms with van der Waals surface area (Å²) in [6.07, 6.45) is 27.9. The van der Waals surface area contributed by atoms with Crippen LogP contribution >= 0.6 is 0 Å². The van der Waals surface area contributed by atoms with Gasteiger partial charge >= 0.3 is 35.9 Å². The van der Waals surface area contributed by atoms with Gasteiger partial charge in [-0.25, -0.2) is 4.79 Å². The highest BCUT2D eigenvalue weighted by molar-refractivity contribution is 5.71. The minimum Gasteiger partial charge on any atom is -0.466 e. The Balaban J connectivity index is 0.0000122. The van der Waals surface area contributed by atoms with Crippen molar-refractivity contribution in [3.63, 3.8) is 0 Å². The first-order valence-corrected chi connectivity index (χ1v) is 26.2. The maximum atomic E-state index is 13.5. The molecular formula is C53H88N2O12. The molecule has 2 unspecified atom stereocenters. The van der Waals surface area contributed by atoms with Gasteiger partial charge in [0.1, 0.15) is 31.8 Å². The zero-order valence-electron chi connectivity index (χ0n) is 41.3. The fourth-order valence-corrected chi connectivity index (χ4v) is 10.4. The van der Waals surface area contributed by atoms with Gasteiger partial charge in [0.15, 0.2) is 0 Å². The molecule has 1 spiro atoms. The normalized spacial score (nSPS) is 21.0. The van der Waals surface area contributed by atoms with Crippen molar-refractivity contribution in [2.24, 2.45) is 28.6 Å². The lowest BCUT2D eigenvalue weighted by Gasteiger charge is -2.38. The molecule has 67 heavy (non-hydrogen) atoms. The molecule has 2 bridgehead atoms. The smallest absolute Gasteiger partial charge is 0.407 e. The lowest BCUT2D eigenvalue weighted by molar-refractivity contribution is -0.165. The molecule has 2 atom stereocenters. The number of hydrogen-bond donors (Lipinski definition) is 1. The van der Waals surface area contributed by atoms with Crippen LogP contribution in [0.5, 0.6) is 0 Å². The first-order valence-electron chi connectivity index (χ1n) is 26.2. The number of nitrogens with one attached hydrogen (secondary N) is 1. The lowest BCUT2D eigenvalue weighted by Crippen LogP contribution is -2.45. The monoisotopic (exact) mass is 945 g/mol. The van der Waals surface area contributed by atoms with E-state index in [0.29, 0.717) is 76.2 Å². The van der Waals surface area contributed by atoms with Crippen LogP contribution in [0.2, 0.25) is 0 Å². The SMILES string of the molecule is CC/C=C\CCCCOC(=O)CCCCCC(=O)OCC(COC(=O)CCCCCC(=O)OCCCC/C=C\CC)(COC(=O)CC1CC2CC3CC2(C1)C3)COC(=O)NCCN1CCCC1.[HH]. The molecular weight excluding hydrogens is 857 g/mol. The van der Waals surface area contributed by atoms with Gasteiger partial charge in [-0.05, 0) is 158 Å². The van der Waals surface area contributed by atoms with E-state index in [1.165, 1.54) is 19.3 Å². The Bertz CT molecular complexity index is 1490. The number of ether oxygens (including phenoxy) is 6. The van der Waals surface area contributed by atoms with E-state index in [1.54, 1.807) is 0 Å². The summed E-state index contributed by atoms with van der Waals surface area (Å²) in [4.78, 5) is 79.6. The van der Waals surface area contributed by atoms with Crippen molar-refractivity contribution in [3.8, 4) is 0 Å². The van der Waals surface area contributed by atoms with Crippen molar-refractivity contribution >= 4 is 35.9 Å². The summed E-state index contributed by atoms with van der Waals surface area (Å²) in [5.41, 5.74) is -0.966. The van der Waals surface area contributed by atoms with Gasteiger partial charge in [-0.1, -0.05) is 51.0 Å². The number of esters is 5. The molecule has 1 amide bonds. The molecule has 4 aliphatic carbocycles. The lowest BCUT2D eigenvalue weighted by atomic mass is 9.67. The van der Waals surface area contributed by atoms with Crippen LogP contribution in [0.1, 0.15) is 182 Å². The van der Waals surface area contributed by atoms with E-state index < -0.39 is 23.4 Å². The first-order chi connectivity index (χ1) is 32.5. The topological polar surface area (TPSA) is 173 Å². The second-order valence-corrected chi connectivity index (χ2v) is 19.9. The fourth-order valence-electron chi connectivity index (χ4n) is 10.4. The quantitative estimate of drug-likeness (QED) is 0.0270. The summed E-state index contributed by atoms with van der Waals surface area (Å²) in [6, 6.07) is 0. The van der Waals surface area contributed by atoms with Gasteiger partial charge in [0.05, 0.1) is 13.2 Å². The van der Waals surface area contributed by atoms with Crippen molar-refractivity contribution in [3.05, 3.63) is 24.3 Å². The van der Waals surface area contributed by atoms with E-state index in [4.69, 9.17) is 28.4 Å². The Morgan fingerprint density at radius 1 is 0.582 bits per heavy atom. The molecule has 382 valence electrons. The number of amides is 1. The number of carbonyl (C=O) groups excluding carboxylic acids is 6. The minimum atomic E-state index is -1.37. The number of unbranched alkanes of at least 4 members (excludes halogenated alkanes) is 8. The molecule has 0 aromatic carbocycles. The van der Waals surface area contributed by atoms with Crippen molar-refractivity contribution in [2.45, 2.75) is 181 Å². The Morgan fingerprint density at radius 2 is 1.07 bits per heavy atom. The maximum absolute atomic E-state index is 13.5. The zero-order chi connectivity index (χ0) is 48.0. The fraction of sp³-hybridized carbons (Fsp3) is 0.811. The molecule has 14 nitrogen and oxygen atoms in total. The Morgan fingerprint density at radius 3 is 1.58 bits per heavy atom. The number of hydrogen-bond acceptors (Lipinski definition) is 13. The molecule has 0 aromatic heterocycles. The van der Waals surface area contributed by atoms with E-state index in [9.17, 15) is 28.8 Å². The van der Waals surface area contributed by atoms with Crippen LogP contribution in [-0.2, 0) is 52.4 Å². The summed E-state index contributed by atoms with van der Waals surface area (Å²) in [5, 5.41) is 2.80.